The van der Waals surface area contributed by atoms with Crippen molar-refractivity contribution in [3.8, 4) is 0 Å². The monoisotopic (exact) mass is 276 g/mol. The molecule has 0 amide bonds. The van der Waals surface area contributed by atoms with E-state index in [1.165, 1.54) is 6.20 Å². The molecule has 2 aromatic heterocycles. The molecule has 2 aromatic rings. The summed E-state index contributed by atoms with van der Waals surface area (Å²) < 4.78 is 15.9. The minimum absolute atomic E-state index is 0.188. The Morgan fingerprint density at radius 1 is 1.40 bits per heavy atom. The molecule has 0 aromatic carbocycles. The lowest BCUT2D eigenvalue weighted by Gasteiger charge is -2.20. The summed E-state index contributed by atoms with van der Waals surface area (Å²) in [4.78, 5) is 3.83. The molecule has 0 spiro atoms. The third-order valence-corrected chi connectivity index (χ3v) is 3.57. The summed E-state index contributed by atoms with van der Waals surface area (Å²) in [6.07, 6.45) is 3.87. The lowest BCUT2D eigenvalue weighted by molar-refractivity contribution is 0.540. The number of nitrogens with one attached hydrogen (secondary N) is 1. The van der Waals surface area contributed by atoms with Crippen molar-refractivity contribution in [2.24, 2.45) is 7.05 Å². The zero-order valence-electron chi connectivity index (χ0n) is 12.4. The Balaban J connectivity index is 2.50. The smallest absolute Gasteiger partial charge is 0.146 e. The summed E-state index contributed by atoms with van der Waals surface area (Å²) >= 11 is 0. The van der Waals surface area contributed by atoms with Gasteiger partial charge in [-0.05, 0) is 32.9 Å². The normalized spacial score (nSPS) is 12.7. The number of pyridine rings is 1. The molecule has 0 aliphatic heterocycles. The van der Waals surface area contributed by atoms with Crippen LogP contribution in [0.5, 0.6) is 0 Å². The highest BCUT2D eigenvalue weighted by atomic mass is 19.1. The fraction of sp³-hybridized carbons (Fsp3) is 0.467. The van der Waals surface area contributed by atoms with Gasteiger partial charge >= 0.3 is 0 Å². The van der Waals surface area contributed by atoms with Gasteiger partial charge in [0.05, 0.1) is 17.9 Å². The van der Waals surface area contributed by atoms with Crippen LogP contribution in [0.3, 0.4) is 0 Å². The van der Waals surface area contributed by atoms with Gasteiger partial charge in [0.2, 0.25) is 0 Å². The molecule has 2 rings (SSSR count). The van der Waals surface area contributed by atoms with Crippen LogP contribution in [0.4, 0.5) is 4.39 Å². The Hall–Kier alpha value is -1.75. The second-order valence-corrected chi connectivity index (χ2v) is 4.99. The van der Waals surface area contributed by atoms with Gasteiger partial charge in [-0.25, -0.2) is 4.39 Å². The van der Waals surface area contributed by atoms with Crippen LogP contribution >= 0.6 is 0 Å². The van der Waals surface area contributed by atoms with Crippen LogP contribution in [0.15, 0.2) is 18.5 Å². The van der Waals surface area contributed by atoms with Gasteiger partial charge in [0, 0.05) is 30.1 Å². The average Bonchev–Trinajstić information content (AvgIpc) is 2.67. The molecule has 1 N–H and O–H groups in total. The third-order valence-electron chi connectivity index (χ3n) is 3.57. The van der Waals surface area contributed by atoms with Crippen molar-refractivity contribution in [2.45, 2.75) is 33.2 Å². The van der Waals surface area contributed by atoms with Crippen LogP contribution in [0.1, 0.15) is 41.9 Å². The van der Waals surface area contributed by atoms with Gasteiger partial charge in [-0.1, -0.05) is 6.92 Å². The van der Waals surface area contributed by atoms with E-state index in [4.69, 9.17) is 0 Å². The molecule has 1 unspecified atom stereocenters. The molecule has 20 heavy (non-hydrogen) atoms. The summed E-state index contributed by atoms with van der Waals surface area (Å²) in [5.41, 5.74) is 3.64. The summed E-state index contributed by atoms with van der Waals surface area (Å²) in [7, 11) is 1.91. The summed E-state index contributed by atoms with van der Waals surface area (Å²) in [6, 6.07) is 1.54. The molecule has 0 aliphatic rings. The van der Waals surface area contributed by atoms with Crippen molar-refractivity contribution in [3.63, 3.8) is 0 Å². The molecule has 0 saturated carbocycles. The quantitative estimate of drug-likeness (QED) is 0.913. The number of rotatable bonds is 5. The zero-order valence-corrected chi connectivity index (χ0v) is 12.4. The lowest BCUT2D eigenvalue weighted by atomic mass is 9.97. The summed E-state index contributed by atoms with van der Waals surface area (Å²) in [6.45, 7) is 6.88. The van der Waals surface area contributed by atoms with Crippen LogP contribution in [0, 0.1) is 19.7 Å². The maximum atomic E-state index is 14.1. The fourth-order valence-corrected chi connectivity index (χ4v) is 2.48. The van der Waals surface area contributed by atoms with Crippen molar-refractivity contribution < 1.29 is 4.39 Å². The van der Waals surface area contributed by atoms with Crippen LogP contribution in [-0.2, 0) is 7.05 Å². The standard InChI is InChI=1S/C15H21FN4/c1-5-7-18-15(12-6-8-17-9-13(12)16)14-10(2)19-20(4)11(14)3/h6,8-9,15,18H,5,7H2,1-4H3. The number of halogens is 1. The fourth-order valence-electron chi connectivity index (χ4n) is 2.48. The van der Waals surface area contributed by atoms with Gasteiger partial charge in [0.15, 0.2) is 0 Å². The van der Waals surface area contributed by atoms with Crippen LogP contribution in [-0.4, -0.2) is 21.3 Å². The molecule has 0 aliphatic carbocycles. The van der Waals surface area contributed by atoms with Crippen molar-refractivity contribution >= 4 is 0 Å². The molecule has 2 heterocycles. The molecule has 0 saturated heterocycles. The van der Waals surface area contributed by atoms with Gasteiger partial charge < -0.3 is 5.32 Å². The van der Waals surface area contributed by atoms with E-state index in [1.807, 2.05) is 25.6 Å². The largest absolute Gasteiger partial charge is 0.306 e. The van der Waals surface area contributed by atoms with E-state index in [-0.39, 0.29) is 11.9 Å². The second kappa shape index (κ2) is 6.13. The van der Waals surface area contributed by atoms with Gasteiger partial charge in [-0.3, -0.25) is 9.67 Å². The number of hydrogen-bond acceptors (Lipinski definition) is 3. The molecular weight excluding hydrogens is 255 g/mol. The highest BCUT2D eigenvalue weighted by molar-refractivity contribution is 5.37. The molecular formula is C15H21FN4. The first-order valence-electron chi connectivity index (χ1n) is 6.89. The first-order valence-corrected chi connectivity index (χ1v) is 6.89. The van der Waals surface area contributed by atoms with Crippen LogP contribution < -0.4 is 5.32 Å². The number of aromatic nitrogens is 3. The minimum atomic E-state index is -0.288. The lowest BCUT2D eigenvalue weighted by Crippen LogP contribution is -2.25. The maximum Gasteiger partial charge on any atom is 0.146 e. The van der Waals surface area contributed by atoms with Gasteiger partial charge in [0.1, 0.15) is 5.82 Å². The Bertz CT molecular complexity index is 592. The van der Waals surface area contributed by atoms with Crippen molar-refractivity contribution in [1.29, 1.82) is 0 Å². The van der Waals surface area contributed by atoms with Gasteiger partial charge in [0.25, 0.3) is 0 Å². The predicted octanol–water partition coefficient (Wildman–Crippen LogP) is 2.66. The molecule has 1 atom stereocenters. The van der Waals surface area contributed by atoms with E-state index >= 15 is 0 Å². The van der Waals surface area contributed by atoms with Crippen LogP contribution in [0.2, 0.25) is 0 Å². The van der Waals surface area contributed by atoms with Gasteiger partial charge in [-0.15, -0.1) is 0 Å². The Morgan fingerprint density at radius 2 is 2.15 bits per heavy atom. The summed E-state index contributed by atoms with van der Waals surface area (Å²) in [5.74, 6) is -0.288. The van der Waals surface area contributed by atoms with Crippen molar-refractivity contribution in [2.75, 3.05) is 6.54 Å². The van der Waals surface area contributed by atoms with E-state index in [0.717, 1.165) is 29.9 Å². The predicted molar refractivity (Wildman–Crippen MR) is 77.0 cm³/mol. The van der Waals surface area contributed by atoms with E-state index in [1.54, 1.807) is 12.3 Å². The molecule has 0 bridgehead atoms. The van der Waals surface area contributed by atoms with E-state index < -0.39 is 0 Å². The van der Waals surface area contributed by atoms with Crippen molar-refractivity contribution in [3.05, 3.63) is 46.8 Å². The van der Waals surface area contributed by atoms with E-state index in [9.17, 15) is 4.39 Å². The molecule has 108 valence electrons. The number of hydrogen-bond donors (Lipinski definition) is 1. The van der Waals surface area contributed by atoms with E-state index in [2.05, 4.69) is 22.3 Å². The Morgan fingerprint density at radius 3 is 2.70 bits per heavy atom. The highest BCUT2D eigenvalue weighted by Crippen LogP contribution is 2.28. The molecule has 0 radical (unpaired) electrons. The molecule has 5 heteroatoms. The SMILES string of the molecule is CCCNC(c1ccncc1F)c1c(C)nn(C)c1C. The highest BCUT2D eigenvalue weighted by Gasteiger charge is 2.23. The zero-order chi connectivity index (χ0) is 14.7. The summed E-state index contributed by atoms with van der Waals surface area (Å²) in [5, 5.41) is 7.85. The molecule has 4 nitrogen and oxygen atoms in total. The maximum absolute atomic E-state index is 14.1. The second-order valence-electron chi connectivity index (χ2n) is 4.99. The minimum Gasteiger partial charge on any atom is -0.306 e. The Labute approximate surface area is 119 Å². The first-order chi connectivity index (χ1) is 9.56. The van der Waals surface area contributed by atoms with Crippen LogP contribution in [0.25, 0.3) is 0 Å². The molecule has 0 fully saturated rings. The first kappa shape index (κ1) is 14.7. The van der Waals surface area contributed by atoms with Crippen molar-refractivity contribution in [1.82, 2.24) is 20.1 Å². The third kappa shape index (κ3) is 2.72. The topological polar surface area (TPSA) is 42.7 Å². The number of nitrogens with zero attached hydrogens (tertiary/aromatic N) is 3. The number of aryl methyl sites for hydroxylation is 2. The van der Waals surface area contributed by atoms with Gasteiger partial charge in [-0.2, -0.15) is 5.10 Å². The average molecular weight is 276 g/mol. The Kier molecular flexibility index (Phi) is 4.49. The van der Waals surface area contributed by atoms with E-state index in [0.29, 0.717) is 5.56 Å².